The summed E-state index contributed by atoms with van der Waals surface area (Å²) < 4.78 is 3.64. The number of imidazole rings is 1. The molecule has 29 heavy (non-hydrogen) atoms. The van der Waals surface area contributed by atoms with E-state index in [4.69, 9.17) is 10.1 Å². The van der Waals surface area contributed by atoms with E-state index in [9.17, 15) is 5.26 Å². The Hall–Kier alpha value is -3.05. The molecular weight excluding hydrogens is 382 g/mol. The number of aromatic nitrogens is 6. The van der Waals surface area contributed by atoms with Crippen molar-refractivity contribution >= 4 is 17.0 Å². The van der Waals surface area contributed by atoms with Crippen molar-refractivity contribution in [2.24, 2.45) is 7.05 Å². The molecule has 0 fully saturated rings. The molecule has 148 valence electrons. The van der Waals surface area contributed by atoms with Crippen LogP contribution in [0.25, 0.3) is 26.9 Å². The molecule has 0 N–H and O–H groups in total. The van der Waals surface area contributed by atoms with Crippen molar-refractivity contribution in [2.45, 2.75) is 46.5 Å². The van der Waals surface area contributed by atoms with Crippen LogP contribution >= 0.6 is 11.3 Å². The molecule has 0 aliphatic carbocycles. The molecule has 0 spiro atoms. The predicted octanol–water partition coefficient (Wildman–Crippen LogP) is 4.65. The highest BCUT2D eigenvalue weighted by atomic mass is 32.1. The minimum Gasteiger partial charge on any atom is -0.248 e. The van der Waals surface area contributed by atoms with E-state index in [0.29, 0.717) is 11.5 Å². The Morgan fingerprint density at radius 2 is 1.97 bits per heavy atom. The summed E-state index contributed by atoms with van der Waals surface area (Å²) in [5.41, 5.74) is 5.41. The Kier molecular flexibility index (Phi) is 4.92. The number of nitriles is 1. The van der Waals surface area contributed by atoms with Gasteiger partial charge in [-0.2, -0.15) is 15.5 Å². The van der Waals surface area contributed by atoms with Crippen LogP contribution in [0.2, 0.25) is 0 Å². The van der Waals surface area contributed by atoms with Crippen LogP contribution in [0.3, 0.4) is 0 Å². The van der Waals surface area contributed by atoms with Crippen molar-refractivity contribution in [3.63, 3.8) is 0 Å². The molecule has 0 radical (unpaired) electrons. The third-order valence-corrected chi connectivity index (χ3v) is 6.47. The first-order chi connectivity index (χ1) is 14.0. The van der Waals surface area contributed by atoms with Crippen LogP contribution in [0, 0.1) is 25.2 Å². The molecule has 7 nitrogen and oxygen atoms in total. The van der Waals surface area contributed by atoms with E-state index in [1.54, 1.807) is 4.68 Å². The number of hydrogen-bond donors (Lipinski definition) is 0. The van der Waals surface area contributed by atoms with Gasteiger partial charge in [-0.3, -0.25) is 0 Å². The van der Waals surface area contributed by atoms with Crippen molar-refractivity contribution < 1.29 is 0 Å². The van der Waals surface area contributed by atoms with Crippen LogP contribution in [-0.2, 0) is 7.05 Å². The zero-order valence-corrected chi connectivity index (χ0v) is 18.1. The summed E-state index contributed by atoms with van der Waals surface area (Å²) in [5, 5.41) is 18.7. The van der Waals surface area contributed by atoms with Gasteiger partial charge in [-0.15, -0.1) is 11.3 Å². The summed E-state index contributed by atoms with van der Waals surface area (Å²) in [6.45, 7) is 8.41. The number of hydrogen-bond acceptors (Lipinski definition) is 6. The molecule has 4 heterocycles. The van der Waals surface area contributed by atoms with Crippen LogP contribution in [0.5, 0.6) is 0 Å². The fraction of sp³-hybridized carbons (Fsp3) is 0.381. The van der Waals surface area contributed by atoms with Gasteiger partial charge in [-0.25, -0.2) is 19.2 Å². The van der Waals surface area contributed by atoms with E-state index in [2.05, 4.69) is 36.1 Å². The number of nitrogens with zero attached hydrogens (tertiary/aromatic N) is 7. The van der Waals surface area contributed by atoms with Crippen LogP contribution in [0.15, 0.2) is 18.5 Å². The topological polar surface area (TPSA) is 84.7 Å². The number of rotatable bonds is 5. The van der Waals surface area contributed by atoms with Crippen LogP contribution < -0.4 is 0 Å². The Bertz CT molecular complexity index is 1230. The molecule has 0 amide bonds. The molecular formula is C21H23N7S. The minimum atomic E-state index is 0.432. The minimum absolute atomic E-state index is 0.432. The summed E-state index contributed by atoms with van der Waals surface area (Å²) in [6.07, 6.45) is 3.62. The maximum atomic E-state index is 9.80. The molecule has 0 unspecified atom stereocenters. The zero-order valence-electron chi connectivity index (χ0n) is 17.3. The summed E-state index contributed by atoms with van der Waals surface area (Å²) in [5.74, 6) is 1.17. The lowest BCUT2D eigenvalue weighted by Crippen LogP contribution is -2.05. The first kappa shape index (κ1) is 19.3. The van der Waals surface area contributed by atoms with E-state index in [1.165, 1.54) is 23.2 Å². The van der Waals surface area contributed by atoms with Gasteiger partial charge in [-0.05, 0) is 44.7 Å². The second kappa shape index (κ2) is 7.41. The monoisotopic (exact) mass is 405 g/mol. The van der Waals surface area contributed by atoms with E-state index in [-0.39, 0.29) is 0 Å². The predicted molar refractivity (Wildman–Crippen MR) is 114 cm³/mol. The number of aryl methyl sites for hydroxylation is 3. The van der Waals surface area contributed by atoms with Gasteiger partial charge in [0.25, 0.3) is 0 Å². The maximum Gasteiger partial charge on any atom is 0.167 e. The van der Waals surface area contributed by atoms with Crippen molar-refractivity contribution in [3.8, 4) is 27.3 Å². The average molecular weight is 406 g/mol. The Balaban J connectivity index is 1.98. The summed E-state index contributed by atoms with van der Waals surface area (Å²) in [7, 11) is 1.85. The highest BCUT2D eigenvalue weighted by Crippen LogP contribution is 2.39. The Labute approximate surface area is 173 Å². The average Bonchev–Trinajstić information content (AvgIpc) is 3.38. The van der Waals surface area contributed by atoms with E-state index < -0.39 is 0 Å². The first-order valence-electron chi connectivity index (χ1n) is 9.73. The van der Waals surface area contributed by atoms with Gasteiger partial charge >= 0.3 is 0 Å². The highest BCUT2D eigenvalue weighted by Gasteiger charge is 2.23. The second-order valence-electron chi connectivity index (χ2n) is 7.21. The molecule has 8 heteroatoms. The third kappa shape index (κ3) is 3.12. The van der Waals surface area contributed by atoms with Crippen molar-refractivity contribution in [3.05, 3.63) is 41.0 Å². The van der Waals surface area contributed by atoms with E-state index in [1.807, 2.05) is 31.5 Å². The Morgan fingerprint density at radius 1 is 1.21 bits per heavy atom. The molecule has 0 atom stereocenters. The largest absolute Gasteiger partial charge is 0.248 e. The van der Waals surface area contributed by atoms with E-state index >= 15 is 0 Å². The Morgan fingerprint density at radius 3 is 2.59 bits per heavy atom. The molecule has 0 saturated heterocycles. The van der Waals surface area contributed by atoms with Crippen LogP contribution in [0.4, 0.5) is 0 Å². The van der Waals surface area contributed by atoms with Gasteiger partial charge in [0.2, 0.25) is 0 Å². The van der Waals surface area contributed by atoms with Crippen LogP contribution in [0.1, 0.15) is 55.1 Å². The lowest BCUT2D eigenvalue weighted by molar-refractivity contribution is 0.638. The number of thiophene rings is 1. The van der Waals surface area contributed by atoms with Crippen molar-refractivity contribution in [1.29, 1.82) is 5.26 Å². The SMILES string of the molecule is CCC(CC)c1cc(C)nn2c(-c3sc(-c4ncnn4C)cc3C#N)c(C)nc12. The van der Waals surface area contributed by atoms with Gasteiger partial charge in [-0.1, -0.05) is 13.8 Å². The molecule has 0 aromatic carbocycles. The summed E-state index contributed by atoms with van der Waals surface area (Å²) >= 11 is 1.53. The summed E-state index contributed by atoms with van der Waals surface area (Å²) in [6, 6.07) is 6.36. The smallest absolute Gasteiger partial charge is 0.167 e. The second-order valence-corrected chi connectivity index (χ2v) is 8.26. The lowest BCUT2D eigenvalue weighted by atomic mass is 9.95. The molecule has 0 bridgehead atoms. The molecule has 4 aromatic rings. The lowest BCUT2D eigenvalue weighted by Gasteiger charge is -2.14. The van der Waals surface area contributed by atoms with Crippen LogP contribution in [-0.4, -0.2) is 29.4 Å². The zero-order chi connectivity index (χ0) is 20.7. The molecule has 4 aromatic heterocycles. The van der Waals surface area contributed by atoms with E-state index in [0.717, 1.165) is 51.1 Å². The molecule has 0 saturated carbocycles. The van der Waals surface area contributed by atoms with Gasteiger partial charge < -0.3 is 0 Å². The van der Waals surface area contributed by atoms with Crippen molar-refractivity contribution in [1.82, 2.24) is 29.4 Å². The van der Waals surface area contributed by atoms with Gasteiger partial charge in [0.05, 0.1) is 26.7 Å². The molecule has 4 rings (SSSR count). The normalized spacial score (nSPS) is 11.5. The number of fused-ring (bicyclic) bond motifs is 1. The van der Waals surface area contributed by atoms with Crippen molar-refractivity contribution in [2.75, 3.05) is 0 Å². The third-order valence-electron chi connectivity index (χ3n) is 5.33. The highest BCUT2D eigenvalue weighted by molar-refractivity contribution is 7.19. The maximum absolute atomic E-state index is 9.80. The standard InChI is InChI=1S/C21H23N7S/c1-6-14(7-2)16-8-12(3)26-28-18(13(4)25-20(16)28)19-15(10-22)9-17(29-19)21-23-11-24-27(21)5/h8-9,11,14H,6-7H2,1-5H3. The van der Waals surface area contributed by atoms with Gasteiger partial charge in [0.15, 0.2) is 11.5 Å². The molecule has 0 aliphatic rings. The first-order valence-corrected chi connectivity index (χ1v) is 10.6. The fourth-order valence-corrected chi connectivity index (χ4v) is 5.07. The quantitative estimate of drug-likeness (QED) is 0.483. The van der Waals surface area contributed by atoms with Gasteiger partial charge in [0, 0.05) is 12.6 Å². The fourth-order valence-electron chi connectivity index (χ4n) is 3.85. The van der Waals surface area contributed by atoms with Gasteiger partial charge in [0.1, 0.15) is 18.1 Å². The summed E-state index contributed by atoms with van der Waals surface area (Å²) in [4.78, 5) is 11.0. The molecule has 0 aliphatic heterocycles.